The first kappa shape index (κ1) is 18.8. The van der Waals surface area contributed by atoms with Gasteiger partial charge in [0.15, 0.2) is 22.6 Å². The summed E-state index contributed by atoms with van der Waals surface area (Å²) < 4.78 is 20.5. The fraction of sp³-hybridized carbons (Fsp3) is 0.500. The summed E-state index contributed by atoms with van der Waals surface area (Å²) in [5.74, 6) is 2.17. The van der Waals surface area contributed by atoms with E-state index in [1.54, 1.807) is 4.57 Å². The third kappa shape index (κ3) is 4.10. The van der Waals surface area contributed by atoms with Gasteiger partial charge in [-0.25, -0.2) is 4.98 Å². The van der Waals surface area contributed by atoms with Crippen LogP contribution in [0.5, 0.6) is 0 Å². The molecule has 2 aromatic heterocycles. The van der Waals surface area contributed by atoms with Gasteiger partial charge in [-0.1, -0.05) is 12.8 Å². The van der Waals surface area contributed by atoms with Gasteiger partial charge in [0.1, 0.15) is 0 Å². The maximum atomic E-state index is 13.8. The summed E-state index contributed by atoms with van der Waals surface area (Å²) in [6.07, 6.45) is 7.11. The Morgan fingerprint density at radius 3 is 2.92 bits per heavy atom. The predicted molar refractivity (Wildman–Crippen MR) is 89.1 cm³/mol. The zero-order chi connectivity index (χ0) is 18.4. The number of aryl methyl sites for hydroxylation is 1. The van der Waals surface area contributed by atoms with Crippen LogP contribution in [-0.4, -0.2) is 49.9 Å². The molecule has 0 aliphatic rings. The van der Waals surface area contributed by atoms with Gasteiger partial charge in [-0.15, -0.1) is 6.42 Å². The van der Waals surface area contributed by atoms with Crippen LogP contribution in [0.4, 0.5) is 10.2 Å². The Morgan fingerprint density at radius 1 is 1.56 bits per heavy atom. The van der Waals surface area contributed by atoms with Crippen molar-refractivity contribution in [3.8, 4) is 12.3 Å². The molecule has 0 aliphatic carbocycles. The monoisotopic (exact) mass is 349 g/mol. The van der Waals surface area contributed by atoms with Gasteiger partial charge in [0.25, 0.3) is 0 Å². The molecular formula is C16H20FN5O3. The molecule has 1 atom stereocenters. The minimum Gasteiger partial charge on any atom is -0.392 e. The molecule has 2 N–H and O–H groups in total. The van der Waals surface area contributed by atoms with Crippen molar-refractivity contribution in [2.24, 2.45) is 0 Å². The number of carbonyl (C=O) groups excluding carboxylic acids is 1. The quantitative estimate of drug-likeness (QED) is 0.547. The Bertz CT molecular complexity index is 795. The maximum absolute atomic E-state index is 13.8. The number of ether oxygens (including phenoxy) is 1. The number of aliphatic hydroxyl groups is 1. The van der Waals surface area contributed by atoms with Crippen LogP contribution in [0, 0.1) is 18.4 Å². The van der Waals surface area contributed by atoms with Crippen molar-refractivity contribution in [2.75, 3.05) is 19.0 Å². The molecule has 0 radical (unpaired) electrons. The summed E-state index contributed by atoms with van der Waals surface area (Å²) >= 11 is 0. The Morgan fingerprint density at radius 2 is 2.32 bits per heavy atom. The Balaban J connectivity index is 2.30. The molecule has 0 aliphatic heterocycles. The van der Waals surface area contributed by atoms with E-state index in [0.717, 1.165) is 0 Å². The fourth-order valence-electron chi connectivity index (χ4n) is 2.31. The van der Waals surface area contributed by atoms with Crippen molar-refractivity contribution in [3.05, 3.63) is 12.4 Å². The van der Waals surface area contributed by atoms with Crippen molar-refractivity contribution in [1.82, 2.24) is 19.5 Å². The molecule has 0 bridgehead atoms. The van der Waals surface area contributed by atoms with E-state index in [1.807, 2.05) is 6.92 Å². The van der Waals surface area contributed by atoms with Crippen LogP contribution in [0.15, 0.2) is 6.33 Å². The van der Waals surface area contributed by atoms with Crippen molar-refractivity contribution >= 4 is 22.9 Å². The van der Waals surface area contributed by atoms with E-state index in [2.05, 4.69) is 26.2 Å². The molecule has 1 unspecified atom stereocenters. The summed E-state index contributed by atoms with van der Waals surface area (Å²) in [6, 6.07) is 0. The standard InChI is InChI=1S/C16H20FN5O3/c1-4-6-11(24)19-13-12-14(21-15(17)20-13)22(10-18-12)8-7-16(5-2,9-23)25-3/h2,10,23H,4,6-9H2,1,3H3,(H,19,20,21,24). The van der Waals surface area contributed by atoms with E-state index in [9.17, 15) is 14.3 Å². The largest absolute Gasteiger partial charge is 0.392 e. The highest BCUT2D eigenvalue weighted by Crippen LogP contribution is 2.21. The smallest absolute Gasteiger partial charge is 0.312 e. The number of anilines is 1. The lowest BCUT2D eigenvalue weighted by Gasteiger charge is -2.24. The number of nitrogens with one attached hydrogen (secondary N) is 1. The van der Waals surface area contributed by atoms with E-state index in [1.165, 1.54) is 13.4 Å². The van der Waals surface area contributed by atoms with Gasteiger partial charge in [0.2, 0.25) is 5.91 Å². The average molecular weight is 349 g/mol. The molecule has 1 amide bonds. The van der Waals surface area contributed by atoms with Gasteiger partial charge < -0.3 is 19.7 Å². The van der Waals surface area contributed by atoms with E-state index < -0.39 is 11.7 Å². The maximum Gasteiger partial charge on any atom is 0.312 e. The summed E-state index contributed by atoms with van der Waals surface area (Å²) in [5, 5.41) is 12.0. The molecule has 134 valence electrons. The SMILES string of the molecule is C#CC(CO)(CCn1cnc2c(NC(=O)CCC)nc(F)nc21)OC. The minimum atomic E-state index is -1.14. The van der Waals surface area contributed by atoms with Crippen LogP contribution >= 0.6 is 0 Å². The van der Waals surface area contributed by atoms with Crippen molar-refractivity contribution < 1.29 is 19.0 Å². The van der Waals surface area contributed by atoms with Crippen LogP contribution in [0.25, 0.3) is 11.2 Å². The molecule has 9 heteroatoms. The number of halogens is 1. The summed E-state index contributed by atoms with van der Waals surface area (Å²) in [6.45, 7) is 1.79. The summed E-state index contributed by atoms with van der Waals surface area (Å²) in [7, 11) is 1.41. The lowest BCUT2D eigenvalue weighted by atomic mass is 10.0. The average Bonchev–Trinajstić information content (AvgIpc) is 3.00. The number of carbonyl (C=O) groups is 1. The van der Waals surface area contributed by atoms with Crippen molar-refractivity contribution in [3.63, 3.8) is 0 Å². The summed E-state index contributed by atoms with van der Waals surface area (Å²) in [4.78, 5) is 23.3. The zero-order valence-corrected chi connectivity index (χ0v) is 14.1. The van der Waals surface area contributed by atoms with E-state index in [0.29, 0.717) is 12.8 Å². The number of hydrogen-bond acceptors (Lipinski definition) is 6. The Hall–Kier alpha value is -2.57. The van der Waals surface area contributed by atoms with E-state index in [4.69, 9.17) is 11.2 Å². The number of amides is 1. The molecule has 0 spiro atoms. The normalized spacial score (nSPS) is 13.4. The molecule has 8 nitrogen and oxygen atoms in total. The van der Waals surface area contributed by atoms with E-state index >= 15 is 0 Å². The van der Waals surface area contributed by atoms with Gasteiger partial charge in [-0.3, -0.25) is 4.79 Å². The third-order valence-corrected chi connectivity index (χ3v) is 3.84. The minimum absolute atomic E-state index is 0.0248. The van der Waals surface area contributed by atoms with Crippen LogP contribution in [0.3, 0.4) is 0 Å². The lowest BCUT2D eigenvalue weighted by molar-refractivity contribution is -0.116. The molecule has 0 aromatic carbocycles. The zero-order valence-electron chi connectivity index (χ0n) is 14.1. The Labute approximate surface area is 144 Å². The first-order chi connectivity index (χ1) is 12.0. The molecule has 0 saturated heterocycles. The number of methoxy groups -OCH3 is 1. The molecule has 0 saturated carbocycles. The number of rotatable bonds is 8. The molecule has 25 heavy (non-hydrogen) atoms. The van der Waals surface area contributed by atoms with Gasteiger partial charge in [0.05, 0.1) is 12.9 Å². The highest BCUT2D eigenvalue weighted by molar-refractivity contribution is 5.96. The summed E-state index contributed by atoms with van der Waals surface area (Å²) in [5.41, 5.74) is -0.641. The van der Waals surface area contributed by atoms with Gasteiger partial charge in [-0.05, 0) is 6.42 Å². The van der Waals surface area contributed by atoms with Crippen molar-refractivity contribution in [2.45, 2.75) is 38.3 Å². The van der Waals surface area contributed by atoms with Crippen LogP contribution in [-0.2, 0) is 16.1 Å². The molecular weight excluding hydrogens is 329 g/mol. The fourth-order valence-corrected chi connectivity index (χ4v) is 2.31. The molecule has 2 rings (SSSR count). The molecule has 2 heterocycles. The van der Waals surface area contributed by atoms with Crippen molar-refractivity contribution in [1.29, 1.82) is 0 Å². The number of hydrogen-bond donors (Lipinski definition) is 2. The topological polar surface area (TPSA) is 102 Å². The number of nitrogens with zero attached hydrogens (tertiary/aromatic N) is 4. The van der Waals surface area contributed by atoms with Gasteiger partial charge >= 0.3 is 6.08 Å². The lowest BCUT2D eigenvalue weighted by Crippen LogP contribution is -2.35. The highest BCUT2D eigenvalue weighted by atomic mass is 19.1. The first-order valence-electron chi connectivity index (χ1n) is 7.80. The second-order valence-electron chi connectivity index (χ2n) is 5.50. The van der Waals surface area contributed by atoms with Gasteiger partial charge in [0, 0.05) is 26.5 Å². The number of aromatic nitrogens is 4. The van der Waals surface area contributed by atoms with Crippen LogP contribution in [0.2, 0.25) is 0 Å². The third-order valence-electron chi connectivity index (χ3n) is 3.84. The van der Waals surface area contributed by atoms with Gasteiger partial charge in [-0.2, -0.15) is 14.4 Å². The molecule has 2 aromatic rings. The Kier molecular flexibility index (Phi) is 6.01. The number of terminal acetylenes is 1. The van der Waals surface area contributed by atoms with Crippen LogP contribution in [0.1, 0.15) is 26.2 Å². The first-order valence-corrected chi connectivity index (χ1v) is 7.80. The second-order valence-corrected chi connectivity index (χ2v) is 5.50. The second kappa shape index (κ2) is 8.00. The number of aliphatic hydroxyl groups excluding tert-OH is 1. The predicted octanol–water partition coefficient (Wildman–Crippen LogP) is 1.10. The number of imidazole rings is 1. The van der Waals surface area contributed by atoms with Crippen LogP contribution < -0.4 is 5.32 Å². The highest BCUT2D eigenvalue weighted by Gasteiger charge is 2.26. The molecule has 0 fully saturated rings. The van der Waals surface area contributed by atoms with E-state index in [-0.39, 0.29) is 42.5 Å². The number of fused-ring (bicyclic) bond motifs is 1.